The molecule has 0 amide bonds. The monoisotopic (exact) mass is 434 g/mol. The van der Waals surface area contributed by atoms with Crippen molar-refractivity contribution in [3.63, 3.8) is 0 Å². The maximum absolute atomic E-state index is 5.54. The Labute approximate surface area is 186 Å². The minimum absolute atomic E-state index is 0.234. The maximum atomic E-state index is 5.54. The van der Waals surface area contributed by atoms with Crippen LogP contribution in [0.15, 0.2) is 36.8 Å². The SMILES string of the molecule is COc1nc(-c2cnnn2C)ccc1Nc1ncc2ccnc(CCC(C)(C)OC)c2n1. The summed E-state index contributed by atoms with van der Waals surface area (Å²) in [6.45, 7) is 4.12. The van der Waals surface area contributed by atoms with Gasteiger partial charge in [-0.2, -0.15) is 0 Å². The average molecular weight is 435 g/mol. The average Bonchev–Trinajstić information content (AvgIpc) is 3.23. The lowest BCUT2D eigenvalue weighted by Crippen LogP contribution is -2.23. The zero-order valence-electron chi connectivity index (χ0n) is 18.8. The van der Waals surface area contributed by atoms with Gasteiger partial charge in [-0.05, 0) is 44.9 Å². The second kappa shape index (κ2) is 8.83. The van der Waals surface area contributed by atoms with E-state index in [0.29, 0.717) is 23.2 Å². The molecule has 0 saturated heterocycles. The third-order valence-corrected chi connectivity index (χ3v) is 5.37. The molecule has 0 radical (unpaired) electrons. The highest BCUT2D eigenvalue weighted by molar-refractivity contribution is 5.81. The van der Waals surface area contributed by atoms with Crippen molar-refractivity contribution in [3.8, 4) is 17.3 Å². The highest BCUT2D eigenvalue weighted by Gasteiger charge is 2.18. The molecule has 0 atom stereocenters. The standard InChI is InChI=1S/C22H26N8O2/c1-22(2,32-5)10-8-16-19-14(9-11-23-16)12-24-21(28-19)27-17-7-6-15(26-20(17)31-4)18-13-25-29-30(18)3/h6-7,9,11-13H,8,10H2,1-5H3,(H,24,27,28). The van der Waals surface area contributed by atoms with E-state index in [1.165, 1.54) is 0 Å². The molecule has 4 aromatic heterocycles. The largest absolute Gasteiger partial charge is 0.479 e. The molecular formula is C22H26N8O2. The number of anilines is 2. The molecule has 0 spiro atoms. The number of hydrogen-bond donors (Lipinski definition) is 1. The Hall–Kier alpha value is -3.66. The second-order valence-corrected chi connectivity index (χ2v) is 7.97. The summed E-state index contributed by atoms with van der Waals surface area (Å²) in [7, 11) is 5.10. The van der Waals surface area contributed by atoms with Gasteiger partial charge in [-0.1, -0.05) is 5.21 Å². The summed E-state index contributed by atoms with van der Waals surface area (Å²) in [5.74, 6) is 0.855. The number of rotatable bonds is 8. The molecule has 0 fully saturated rings. The first-order valence-electron chi connectivity index (χ1n) is 10.2. The van der Waals surface area contributed by atoms with Crippen molar-refractivity contribution in [3.05, 3.63) is 42.5 Å². The van der Waals surface area contributed by atoms with E-state index < -0.39 is 0 Å². The molecule has 0 bridgehead atoms. The van der Waals surface area contributed by atoms with E-state index in [4.69, 9.17) is 14.5 Å². The van der Waals surface area contributed by atoms with Crippen LogP contribution < -0.4 is 10.1 Å². The lowest BCUT2D eigenvalue weighted by atomic mass is 10.0. The van der Waals surface area contributed by atoms with Crippen molar-refractivity contribution in [2.45, 2.75) is 32.3 Å². The summed E-state index contributed by atoms with van der Waals surface area (Å²) in [4.78, 5) is 18.3. The molecule has 0 aliphatic rings. The summed E-state index contributed by atoms with van der Waals surface area (Å²) in [5.41, 5.74) is 3.61. The molecule has 4 aromatic rings. The van der Waals surface area contributed by atoms with Gasteiger partial charge < -0.3 is 14.8 Å². The van der Waals surface area contributed by atoms with Gasteiger partial charge in [-0.25, -0.2) is 19.6 Å². The molecule has 4 rings (SSSR count). The lowest BCUT2D eigenvalue weighted by Gasteiger charge is -2.22. The van der Waals surface area contributed by atoms with Crippen molar-refractivity contribution >= 4 is 22.5 Å². The van der Waals surface area contributed by atoms with Crippen molar-refractivity contribution < 1.29 is 9.47 Å². The molecule has 0 aliphatic carbocycles. The molecule has 0 saturated carbocycles. The highest BCUT2D eigenvalue weighted by Crippen LogP contribution is 2.29. The van der Waals surface area contributed by atoms with Crippen LogP contribution in [-0.4, -0.2) is 54.8 Å². The molecule has 32 heavy (non-hydrogen) atoms. The van der Waals surface area contributed by atoms with Crippen LogP contribution in [0.2, 0.25) is 0 Å². The fraction of sp³-hybridized carbons (Fsp3) is 0.364. The molecule has 1 N–H and O–H groups in total. The molecule has 0 aromatic carbocycles. The van der Waals surface area contributed by atoms with Gasteiger partial charge in [-0.15, -0.1) is 5.10 Å². The molecular weight excluding hydrogens is 408 g/mol. The van der Waals surface area contributed by atoms with E-state index in [-0.39, 0.29) is 5.60 Å². The number of pyridine rings is 2. The van der Waals surface area contributed by atoms with Gasteiger partial charge in [0, 0.05) is 31.9 Å². The van der Waals surface area contributed by atoms with Crippen LogP contribution in [0, 0.1) is 0 Å². The Bertz CT molecular complexity index is 1240. The second-order valence-electron chi connectivity index (χ2n) is 7.97. The highest BCUT2D eigenvalue weighted by atomic mass is 16.5. The van der Waals surface area contributed by atoms with Crippen LogP contribution in [0.25, 0.3) is 22.3 Å². The molecule has 10 nitrogen and oxygen atoms in total. The smallest absolute Gasteiger partial charge is 0.238 e. The van der Waals surface area contributed by atoms with Gasteiger partial charge in [0.25, 0.3) is 0 Å². The fourth-order valence-corrected chi connectivity index (χ4v) is 3.25. The summed E-state index contributed by atoms with van der Waals surface area (Å²) in [6, 6.07) is 5.64. The first kappa shape index (κ1) is 21.6. The van der Waals surface area contributed by atoms with E-state index in [0.717, 1.165) is 35.1 Å². The molecule has 4 heterocycles. The van der Waals surface area contributed by atoms with Crippen LogP contribution in [-0.2, 0) is 18.2 Å². The summed E-state index contributed by atoms with van der Waals surface area (Å²) in [6.07, 6.45) is 6.79. The third-order valence-electron chi connectivity index (χ3n) is 5.37. The van der Waals surface area contributed by atoms with Crippen LogP contribution in [0.4, 0.5) is 11.6 Å². The first-order chi connectivity index (χ1) is 15.4. The number of ether oxygens (including phenoxy) is 2. The Morgan fingerprint density at radius 3 is 2.62 bits per heavy atom. The van der Waals surface area contributed by atoms with Crippen LogP contribution in [0.5, 0.6) is 5.88 Å². The third kappa shape index (κ3) is 4.50. The van der Waals surface area contributed by atoms with Crippen molar-refractivity contribution in [2.75, 3.05) is 19.5 Å². The Morgan fingerprint density at radius 1 is 1.06 bits per heavy atom. The zero-order valence-corrected chi connectivity index (χ0v) is 18.8. The first-order valence-corrected chi connectivity index (χ1v) is 10.2. The number of aromatic nitrogens is 7. The Morgan fingerprint density at radius 2 is 1.91 bits per heavy atom. The minimum atomic E-state index is -0.234. The van der Waals surface area contributed by atoms with Crippen LogP contribution in [0.1, 0.15) is 26.0 Å². The van der Waals surface area contributed by atoms with Crippen molar-refractivity contribution in [2.24, 2.45) is 7.05 Å². The summed E-state index contributed by atoms with van der Waals surface area (Å²) in [5, 5.41) is 12.0. The van der Waals surface area contributed by atoms with E-state index in [2.05, 4.69) is 44.4 Å². The van der Waals surface area contributed by atoms with E-state index in [1.807, 2.05) is 25.2 Å². The van der Waals surface area contributed by atoms with Gasteiger partial charge >= 0.3 is 0 Å². The fourth-order valence-electron chi connectivity index (χ4n) is 3.25. The van der Waals surface area contributed by atoms with Gasteiger partial charge in [0.15, 0.2) is 0 Å². The van der Waals surface area contributed by atoms with Gasteiger partial charge in [0.1, 0.15) is 11.4 Å². The number of methoxy groups -OCH3 is 2. The zero-order chi connectivity index (χ0) is 22.7. The Kier molecular flexibility index (Phi) is 5.95. The minimum Gasteiger partial charge on any atom is -0.479 e. The van der Waals surface area contributed by atoms with E-state index in [1.54, 1.807) is 37.5 Å². The van der Waals surface area contributed by atoms with Crippen molar-refractivity contribution in [1.82, 2.24) is 34.9 Å². The summed E-state index contributed by atoms with van der Waals surface area (Å²) >= 11 is 0. The topological polar surface area (TPSA) is 113 Å². The van der Waals surface area contributed by atoms with Crippen LogP contribution in [0.3, 0.4) is 0 Å². The maximum Gasteiger partial charge on any atom is 0.238 e. The normalized spacial score (nSPS) is 11.7. The Balaban J connectivity index is 1.63. The molecule has 0 aliphatic heterocycles. The summed E-state index contributed by atoms with van der Waals surface area (Å²) < 4.78 is 12.7. The number of hydrogen-bond acceptors (Lipinski definition) is 9. The number of nitrogens with zero attached hydrogens (tertiary/aromatic N) is 7. The predicted molar refractivity (Wildman–Crippen MR) is 121 cm³/mol. The molecule has 166 valence electrons. The molecule has 10 heteroatoms. The lowest BCUT2D eigenvalue weighted by molar-refractivity contribution is 0.0156. The van der Waals surface area contributed by atoms with E-state index in [9.17, 15) is 0 Å². The predicted octanol–water partition coefficient (Wildman–Crippen LogP) is 3.33. The van der Waals surface area contributed by atoms with Gasteiger partial charge in [0.2, 0.25) is 11.8 Å². The van der Waals surface area contributed by atoms with Gasteiger partial charge in [-0.3, -0.25) is 4.98 Å². The van der Waals surface area contributed by atoms with E-state index >= 15 is 0 Å². The van der Waals surface area contributed by atoms with Gasteiger partial charge in [0.05, 0.1) is 35.8 Å². The molecule has 0 unspecified atom stereocenters. The van der Waals surface area contributed by atoms with Crippen LogP contribution >= 0.6 is 0 Å². The number of nitrogens with one attached hydrogen (secondary N) is 1. The quantitative estimate of drug-likeness (QED) is 0.446. The number of fused-ring (bicyclic) bond motifs is 1. The van der Waals surface area contributed by atoms with Crippen molar-refractivity contribution in [1.29, 1.82) is 0 Å². The number of aryl methyl sites for hydroxylation is 2.